The second kappa shape index (κ2) is 14.5. The first-order chi connectivity index (χ1) is 19.8. The van der Waals surface area contributed by atoms with Crippen molar-refractivity contribution in [3.63, 3.8) is 0 Å². The molecule has 4 rings (SSSR count). The van der Waals surface area contributed by atoms with Crippen LogP contribution in [0.2, 0.25) is 0 Å². The van der Waals surface area contributed by atoms with Crippen molar-refractivity contribution in [2.24, 2.45) is 0 Å². The summed E-state index contributed by atoms with van der Waals surface area (Å²) < 4.78 is 0. The summed E-state index contributed by atoms with van der Waals surface area (Å²) in [6.45, 7) is 10.0. The molecule has 41 heavy (non-hydrogen) atoms. The monoisotopic (exact) mass is 561 g/mol. The zero-order chi connectivity index (χ0) is 29.2. The van der Waals surface area contributed by atoms with E-state index in [1.807, 2.05) is 35.2 Å². The molecule has 0 radical (unpaired) electrons. The summed E-state index contributed by atoms with van der Waals surface area (Å²) in [5.41, 5.74) is 2.57. The molecule has 3 N–H and O–H groups in total. The lowest BCUT2D eigenvalue weighted by Gasteiger charge is -2.51. The molecule has 4 amide bonds. The second-order valence-corrected chi connectivity index (χ2v) is 11.8. The Balaban J connectivity index is 1.21. The van der Waals surface area contributed by atoms with E-state index in [0.29, 0.717) is 38.3 Å². The average Bonchev–Trinajstić information content (AvgIpc) is 2.98. The summed E-state index contributed by atoms with van der Waals surface area (Å²) in [6, 6.07) is 17.6. The maximum Gasteiger partial charge on any atom is 0.319 e. The molecule has 2 saturated heterocycles. The lowest BCUT2D eigenvalue weighted by Crippen LogP contribution is -2.72. The van der Waals surface area contributed by atoms with Crippen LogP contribution < -0.4 is 16.0 Å². The van der Waals surface area contributed by atoms with Crippen molar-refractivity contribution in [2.75, 3.05) is 38.0 Å². The first-order valence-corrected chi connectivity index (χ1v) is 15.4. The molecule has 2 heterocycles. The van der Waals surface area contributed by atoms with E-state index in [-0.39, 0.29) is 17.8 Å². The van der Waals surface area contributed by atoms with Gasteiger partial charge in [-0.05, 0) is 74.1 Å². The van der Waals surface area contributed by atoms with Gasteiger partial charge >= 0.3 is 6.03 Å². The summed E-state index contributed by atoms with van der Waals surface area (Å²) in [5.74, 6) is 0.487. The van der Waals surface area contributed by atoms with E-state index in [4.69, 9.17) is 0 Å². The highest BCUT2D eigenvalue weighted by atomic mass is 16.2. The third-order valence-electron chi connectivity index (χ3n) is 8.54. The van der Waals surface area contributed by atoms with E-state index >= 15 is 0 Å². The van der Waals surface area contributed by atoms with E-state index in [1.54, 1.807) is 0 Å². The molecule has 2 fully saturated rings. The highest BCUT2D eigenvalue weighted by Gasteiger charge is 2.52. The van der Waals surface area contributed by atoms with Crippen molar-refractivity contribution < 1.29 is 14.4 Å². The van der Waals surface area contributed by atoms with Crippen molar-refractivity contribution in [2.45, 2.75) is 83.2 Å². The molecular weight excluding hydrogens is 514 g/mol. The van der Waals surface area contributed by atoms with E-state index < -0.39 is 11.6 Å². The second-order valence-electron chi connectivity index (χ2n) is 11.8. The normalized spacial score (nSPS) is 18.9. The number of likely N-dealkylation sites (tertiary alicyclic amines) is 1. The molecule has 0 aromatic heterocycles. The first kappa shape index (κ1) is 30.6. The van der Waals surface area contributed by atoms with Gasteiger partial charge in [0, 0.05) is 38.4 Å². The fraction of sp³-hybridized carbons (Fsp3) is 0.545. The number of carbonyl (C=O) groups is 3. The van der Waals surface area contributed by atoms with Gasteiger partial charge in [0.05, 0.1) is 0 Å². The van der Waals surface area contributed by atoms with Crippen LogP contribution in [0.4, 0.5) is 10.5 Å². The topological polar surface area (TPSA) is 93.8 Å². The zero-order valence-electron chi connectivity index (χ0n) is 25.0. The number of hydrogen-bond acceptors (Lipinski definition) is 4. The number of hydrogen-bond donors (Lipinski definition) is 3. The van der Waals surface area contributed by atoms with Crippen LogP contribution in [0, 0.1) is 0 Å². The number of urea groups is 1. The van der Waals surface area contributed by atoms with Gasteiger partial charge in [-0.2, -0.15) is 0 Å². The third kappa shape index (κ3) is 7.88. The number of nitrogens with zero attached hydrogens (tertiary/aromatic N) is 2. The average molecular weight is 562 g/mol. The number of benzene rings is 2. The van der Waals surface area contributed by atoms with Gasteiger partial charge in [0.25, 0.3) is 0 Å². The van der Waals surface area contributed by atoms with Crippen molar-refractivity contribution >= 4 is 23.5 Å². The number of nitrogens with one attached hydrogen (secondary N) is 3. The van der Waals surface area contributed by atoms with Gasteiger partial charge in [-0.1, -0.05) is 63.2 Å². The number of unbranched alkanes of at least 4 members (excludes halogenated alkanes) is 1. The molecule has 8 nitrogen and oxygen atoms in total. The maximum atomic E-state index is 13.6. The standard InChI is InChI=1S/C33H47N5O3/c1-4-21-38-30(39)29(12-8-9-20-34-32(41)35-28-15-13-27(14-16-28)25(2)3)36-31(40)33(38)18-23-37(24-19-33)22-17-26-10-6-5-7-11-26/h5-7,10-11,13-16,25,29H,4,8-9,12,17-24H2,1-3H3,(H,36,40)(H2,34,35,41)/t29-/m0/s1. The number of rotatable bonds is 12. The summed E-state index contributed by atoms with van der Waals surface area (Å²) in [7, 11) is 0. The van der Waals surface area contributed by atoms with Crippen LogP contribution in [0.1, 0.15) is 76.3 Å². The summed E-state index contributed by atoms with van der Waals surface area (Å²) in [5, 5.41) is 8.84. The van der Waals surface area contributed by atoms with Crippen molar-refractivity contribution in [3.8, 4) is 0 Å². The van der Waals surface area contributed by atoms with Crippen molar-refractivity contribution in [1.29, 1.82) is 0 Å². The predicted molar refractivity (Wildman–Crippen MR) is 164 cm³/mol. The van der Waals surface area contributed by atoms with Gasteiger partial charge in [0.2, 0.25) is 11.8 Å². The molecule has 1 spiro atoms. The Kier molecular flexibility index (Phi) is 10.8. The molecule has 0 unspecified atom stereocenters. The van der Waals surface area contributed by atoms with Gasteiger partial charge in [-0.15, -0.1) is 0 Å². The highest BCUT2D eigenvalue weighted by Crippen LogP contribution is 2.34. The van der Waals surface area contributed by atoms with Crippen LogP contribution in [0.5, 0.6) is 0 Å². The van der Waals surface area contributed by atoms with E-state index in [9.17, 15) is 14.4 Å². The maximum absolute atomic E-state index is 13.6. The van der Waals surface area contributed by atoms with Gasteiger partial charge < -0.3 is 25.8 Å². The predicted octanol–water partition coefficient (Wildman–Crippen LogP) is 4.92. The molecule has 2 aromatic carbocycles. The van der Waals surface area contributed by atoms with Crippen LogP contribution >= 0.6 is 0 Å². The number of carbonyl (C=O) groups excluding carboxylic acids is 3. The highest BCUT2D eigenvalue weighted by molar-refractivity contribution is 6.00. The number of piperidine rings is 1. The third-order valence-corrected chi connectivity index (χ3v) is 8.54. The molecule has 2 aliphatic heterocycles. The van der Waals surface area contributed by atoms with Crippen molar-refractivity contribution in [1.82, 2.24) is 20.4 Å². The number of amides is 4. The molecule has 8 heteroatoms. The minimum atomic E-state index is -0.736. The Morgan fingerprint density at radius 3 is 2.37 bits per heavy atom. The van der Waals surface area contributed by atoms with Crippen LogP contribution in [0.3, 0.4) is 0 Å². The lowest BCUT2D eigenvalue weighted by atomic mass is 9.81. The molecule has 2 aromatic rings. The van der Waals surface area contributed by atoms with Gasteiger partial charge in [0.15, 0.2) is 0 Å². The molecular formula is C33H47N5O3. The number of anilines is 1. The Hall–Kier alpha value is -3.39. The Bertz CT molecular complexity index is 1140. The molecule has 0 bridgehead atoms. The van der Waals surface area contributed by atoms with Crippen LogP contribution in [-0.4, -0.2) is 71.9 Å². The zero-order valence-corrected chi connectivity index (χ0v) is 25.0. The van der Waals surface area contributed by atoms with Gasteiger partial charge in [-0.25, -0.2) is 4.79 Å². The minimum Gasteiger partial charge on any atom is -0.342 e. The fourth-order valence-electron chi connectivity index (χ4n) is 6.00. The Morgan fingerprint density at radius 1 is 1.00 bits per heavy atom. The Labute approximate surface area is 245 Å². The molecule has 2 aliphatic rings. The summed E-state index contributed by atoms with van der Waals surface area (Å²) >= 11 is 0. The van der Waals surface area contributed by atoms with Crippen LogP contribution in [-0.2, 0) is 16.0 Å². The quantitative estimate of drug-likeness (QED) is 0.321. The largest absolute Gasteiger partial charge is 0.342 e. The molecule has 222 valence electrons. The van der Waals surface area contributed by atoms with Crippen LogP contribution in [0.15, 0.2) is 54.6 Å². The smallest absolute Gasteiger partial charge is 0.319 e. The number of piperazine rings is 1. The summed E-state index contributed by atoms with van der Waals surface area (Å²) in [4.78, 5) is 43.7. The fourth-order valence-corrected chi connectivity index (χ4v) is 6.00. The van der Waals surface area contributed by atoms with Crippen LogP contribution in [0.25, 0.3) is 0 Å². The molecule has 0 saturated carbocycles. The SMILES string of the molecule is CCCN1C(=O)[C@H](CCCCNC(=O)Nc2ccc(C(C)C)cc2)NC(=O)C12CCN(CCc1ccccc1)CC2. The van der Waals surface area contributed by atoms with Gasteiger partial charge in [0.1, 0.15) is 11.6 Å². The minimum absolute atomic E-state index is 0.000697. The lowest BCUT2D eigenvalue weighted by molar-refractivity contribution is -0.161. The molecule has 0 aliphatic carbocycles. The summed E-state index contributed by atoms with van der Waals surface area (Å²) in [6.07, 6.45) is 5.20. The Morgan fingerprint density at radius 2 is 1.71 bits per heavy atom. The van der Waals surface area contributed by atoms with Gasteiger partial charge in [-0.3, -0.25) is 9.59 Å². The van der Waals surface area contributed by atoms with Crippen molar-refractivity contribution in [3.05, 3.63) is 65.7 Å². The van der Waals surface area contributed by atoms with E-state index in [1.165, 1.54) is 11.1 Å². The molecule has 1 atom stereocenters. The van der Waals surface area contributed by atoms with E-state index in [0.717, 1.165) is 51.0 Å². The first-order valence-electron chi connectivity index (χ1n) is 15.4. The van der Waals surface area contributed by atoms with E-state index in [2.05, 4.69) is 65.9 Å².